The molecule has 0 spiro atoms. The van der Waals surface area contributed by atoms with E-state index in [0.29, 0.717) is 17.0 Å². The fourth-order valence-electron chi connectivity index (χ4n) is 5.09. The van der Waals surface area contributed by atoms with E-state index in [2.05, 4.69) is 16.4 Å². The number of amides is 1. The number of benzene rings is 3. The van der Waals surface area contributed by atoms with E-state index in [1.54, 1.807) is 6.08 Å². The number of carbonyl (C=O) groups is 2. The molecule has 6 nitrogen and oxygen atoms in total. The number of carboxylic acid groups (broad SMARTS) is 1. The molecule has 3 aromatic carbocycles. The number of hydrogen-bond donors (Lipinski definition) is 3. The van der Waals surface area contributed by atoms with Crippen LogP contribution in [0.15, 0.2) is 103 Å². The highest BCUT2D eigenvalue weighted by molar-refractivity contribution is 7.18. The first-order chi connectivity index (χ1) is 18.5. The number of fused-ring (bicyclic) bond motifs is 2. The van der Waals surface area contributed by atoms with Gasteiger partial charge in [-0.3, -0.25) is 4.79 Å². The lowest BCUT2D eigenvalue weighted by Crippen LogP contribution is -2.57. The van der Waals surface area contributed by atoms with Crippen molar-refractivity contribution < 1.29 is 14.7 Å². The van der Waals surface area contributed by atoms with E-state index in [4.69, 9.17) is 4.98 Å². The molecular weight excluding hydrogens is 494 g/mol. The van der Waals surface area contributed by atoms with Gasteiger partial charge in [0.15, 0.2) is 5.54 Å². The summed E-state index contributed by atoms with van der Waals surface area (Å²) in [5.74, 6) is -1.47. The van der Waals surface area contributed by atoms with Crippen LogP contribution in [-0.4, -0.2) is 32.5 Å². The highest BCUT2D eigenvalue weighted by atomic mass is 32.1. The van der Waals surface area contributed by atoms with E-state index < -0.39 is 11.5 Å². The maximum Gasteiger partial charge on any atom is 0.334 e. The van der Waals surface area contributed by atoms with Crippen molar-refractivity contribution >= 4 is 44.3 Å². The molecule has 1 unspecified atom stereocenters. The van der Waals surface area contributed by atoms with Gasteiger partial charge in [0, 0.05) is 23.5 Å². The van der Waals surface area contributed by atoms with Crippen LogP contribution in [0.4, 0.5) is 0 Å². The number of hydrogen-bond acceptors (Lipinski definition) is 4. The van der Waals surface area contributed by atoms with Crippen LogP contribution in [0.1, 0.15) is 17.0 Å². The van der Waals surface area contributed by atoms with Gasteiger partial charge in [0.2, 0.25) is 5.91 Å². The third-order valence-corrected chi connectivity index (χ3v) is 8.00. The van der Waals surface area contributed by atoms with Crippen LogP contribution in [0.3, 0.4) is 0 Å². The van der Waals surface area contributed by atoms with Crippen molar-refractivity contribution in [2.24, 2.45) is 0 Å². The highest BCUT2D eigenvalue weighted by Crippen LogP contribution is 2.32. The second-order valence-electron chi connectivity index (χ2n) is 9.43. The summed E-state index contributed by atoms with van der Waals surface area (Å²) in [5, 5.41) is 15.0. The Balaban J connectivity index is 1.29. The molecule has 1 aliphatic carbocycles. The van der Waals surface area contributed by atoms with Gasteiger partial charge in [-0.05, 0) is 46.9 Å². The van der Waals surface area contributed by atoms with Crippen molar-refractivity contribution in [2.75, 3.05) is 0 Å². The summed E-state index contributed by atoms with van der Waals surface area (Å²) in [6, 6.07) is 23.9. The summed E-state index contributed by atoms with van der Waals surface area (Å²) in [5.41, 5.74) is 3.73. The van der Waals surface area contributed by atoms with Crippen molar-refractivity contribution in [3.8, 4) is 11.1 Å². The van der Waals surface area contributed by atoms with Crippen molar-refractivity contribution in [1.29, 1.82) is 0 Å². The summed E-state index contributed by atoms with van der Waals surface area (Å²) in [6.07, 6.45) is 8.15. The largest absolute Gasteiger partial charge is 0.479 e. The lowest BCUT2D eigenvalue weighted by molar-refractivity contribution is -0.145. The number of carbonyl (C=O) groups excluding carboxylic acids is 1. The molecule has 7 heteroatoms. The third-order valence-electron chi connectivity index (χ3n) is 6.96. The van der Waals surface area contributed by atoms with Crippen LogP contribution < -0.4 is 5.32 Å². The number of aromatic amines is 1. The predicted octanol–water partition coefficient (Wildman–Crippen LogP) is 6.06. The Hall–Kier alpha value is -4.49. The predicted molar refractivity (Wildman–Crippen MR) is 151 cm³/mol. The van der Waals surface area contributed by atoms with Gasteiger partial charge >= 0.3 is 5.97 Å². The van der Waals surface area contributed by atoms with E-state index in [1.807, 2.05) is 85.1 Å². The van der Waals surface area contributed by atoms with Crippen LogP contribution in [0.5, 0.6) is 0 Å². The van der Waals surface area contributed by atoms with Crippen LogP contribution >= 0.6 is 11.3 Å². The standard InChI is InChI=1S/C31H25N3O3S/c35-28(17-29-33-26-16-21(14-15-27(26)38-29)20-8-2-1-3-9-20)34-31(30(36)37,23-10-4-5-11-23)18-22-19-32-25-13-7-6-12-24(22)25/h1-4,6-16,19,32H,5,17-18H2,(H,34,35)(H,36,37). The Morgan fingerprint density at radius 2 is 1.84 bits per heavy atom. The number of thiazole rings is 1. The quantitative estimate of drug-likeness (QED) is 0.232. The molecule has 3 N–H and O–H groups in total. The van der Waals surface area contributed by atoms with Crippen molar-refractivity contribution in [2.45, 2.75) is 24.8 Å². The van der Waals surface area contributed by atoms with E-state index in [0.717, 1.165) is 37.8 Å². The van der Waals surface area contributed by atoms with Crippen LogP contribution in [0.25, 0.3) is 32.2 Å². The van der Waals surface area contributed by atoms with Crippen LogP contribution in [0.2, 0.25) is 0 Å². The summed E-state index contributed by atoms with van der Waals surface area (Å²) in [7, 11) is 0. The van der Waals surface area contributed by atoms with Gasteiger partial charge in [-0.25, -0.2) is 9.78 Å². The Kier molecular flexibility index (Phi) is 6.13. The molecule has 2 aromatic heterocycles. The van der Waals surface area contributed by atoms with Gasteiger partial charge in [0.1, 0.15) is 5.01 Å². The molecule has 2 heterocycles. The number of nitrogens with zero attached hydrogens (tertiary/aromatic N) is 1. The molecule has 0 aliphatic heterocycles. The SMILES string of the molecule is O=C(Cc1nc2cc(-c3ccccc3)ccc2s1)NC(Cc1c[nH]c2ccccc12)(C(=O)O)C1=CCC=C1. The molecule has 6 rings (SSSR count). The summed E-state index contributed by atoms with van der Waals surface area (Å²) >= 11 is 1.45. The fourth-order valence-corrected chi connectivity index (χ4v) is 6.04. The first-order valence-corrected chi connectivity index (χ1v) is 13.2. The van der Waals surface area contributed by atoms with E-state index >= 15 is 0 Å². The molecule has 1 aliphatic rings. The number of nitrogens with one attached hydrogen (secondary N) is 2. The van der Waals surface area contributed by atoms with Gasteiger partial charge in [-0.15, -0.1) is 11.3 Å². The van der Waals surface area contributed by atoms with Crippen molar-refractivity contribution in [3.05, 3.63) is 113 Å². The number of carboxylic acids is 1. The molecule has 38 heavy (non-hydrogen) atoms. The van der Waals surface area contributed by atoms with Gasteiger partial charge in [0.25, 0.3) is 0 Å². The first-order valence-electron chi connectivity index (χ1n) is 12.4. The Morgan fingerprint density at radius 3 is 2.63 bits per heavy atom. The third kappa shape index (κ3) is 4.41. The zero-order valence-electron chi connectivity index (χ0n) is 20.5. The summed E-state index contributed by atoms with van der Waals surface area (Å²) in [4.78, 5) is 34.2. The molecule has 0 saturated carbocycles. The van der Waals surface area contributed by atoms with Crippen molar-refractivity contribution in [3.63, 3.8) is 0 Å². The van der Waals surface area contributed by atoms with E-state index in [1.165, 1.54) is 11.3 Å². The van der Waals surface area contributed by atoms with Gasteiger partial charge in [-0.2, -0.15) is 0 Å². The van der Waals surface area contributed by atoms with Crippen LogP contribution in [0, 0.1) is 0 Å². The highest BCUT2D eigenvalue weighted by Gasteiger charge is 2.44. The van der Waals surface area contributed by atoms with Crippen LogP contribution in [-0.2, 0) is 22.4 Å². The molecule has 0 fully saturated rings. The Bertz CT molecular complexity index is 1730. The summed E-state index contributed by atoms with van der Waals surface area (Å²) < 4.78 is 0.984. The van der Waals surface area contributed by atoms with Crippen molar-refractivity contribution in [1.82, 2.24) is 15.3 Å². The normalized spacial score (nSPS) is 14.5. The number of rotatable bonds is 8. The number of para-hydroxylation sites is 1. The number of aromatic nitrogens is 2. The fraction of sp³-hybridized carbons (Fsp3) is 0.129. The number of aliphatic carboxylic acids is 1. The minimum atomic E-state index is -1.59. The molecule has 188 valence electrons. The van der Waals surface area contributed by atoms with E-state index in [-0.39, 0.29) is 18.7 Å². The average Bonchev–Trinajstić information content (AvgIpc) is 3.68. The van der Waals surface area contributed by atoms with Gasteiger partial charge in [-0.1, -0.05) is 72.8 Å². The zero-order chi connectivity index (χ0) is 26.1. The molecule has 0 bridgehead atoms. The molecule has 0 radical (unpaired) electrons. The molecule has 5 aromatic rings. The first kappa shape index (κ1) is 23.9. The molecule has 1 atom stereocenters. The zero-order valence-corrected chi connectivity index (χ0v) is 21.3. The summed E-state index contributed by atoms with van der Waals surface area (Å²) in [6.45, 7) is 0. The lowest BCUT2D eigenvalue weighted by atomic mass is 9.83. The maximum absolute atomic E-state index is 13.4. The maximum atomic E-state index is 13.4. The topological polar surface area (TPSA) is 95.1 Å². The monoisotopic (exact) mass is 519 g/mol. The minimum Gasteiger partial charge on any atom is -0.479 e. The molecule has 1 amide bonds. The lowest BCUT2D eigenvalue weighted by Gasteiger charge is -2.31. The minimum absolute atomic E-state index is 0.0000735. The van der Waals surface area contributed by atoms with E-state index in [9.17, 15) is 14.7 Å². The smallest absolute Gasteiger partial charge is 0.334 e. The Labute approximate surface area is 223 Å². The second-order valence-corrected chi connectivity index (χ2v) is 10.5. The van der Waals surface area contributed by atoms with Gasteiger partial charge in [0.05, 0.1) is 16.6 Å². The number of allylic oxidation sites excluding steroid dienone is 2. The second kappa shape index (κ2) is 9.76. The molecule has 0 saturated heterocycles. The Morgan fingerprint density at radius 1 is 1.03 bits per heavy atom. The average molecular weight is 520 g/mol. The number of H-pyrrole nitrogens is 1. The molecular formula is C31H25N3O3S. The van der Waals surface area contributed by atoms with Gasteiger partial charge < -0.3 is 15.4 Å².